The zero-order chi connectivity index (χ0) is 25.1. The Bertz CT molecular complexity index is 1250. The minimum absolute atomic E-state index is 0.0496. The molecule has 1 atom stereocenters. The third-order valence-corrected chi connectivity index (χ3v) is 9.18. The van der Waals surface area contributed by atoms with E-state index in [1.165, 1.54) is 24.8 Å². The number of amides is 1. The quantitative estimate of drug-likeness (QED) is 0.501. The zero-order valence-corrected chi connectivity index (χ0v) is 22.0. The molecule has 0 spiro atoms. The monoisotopic (exact) mass is 512 g/mol. The van der Waals surface area contributed by atoms with Crippen LogP contribution >= 0.6 is 11.6 Å². The number of hydrogen-bond acceptors (Lipinski definition) is 4. The summed E-state index contributed by atoms with van der Waals surface area (Å²) < 4.78 is 24.0. The number of carbonyl (C=O) groups excluding carboxylic acids is 1. The molecule has 4 rings (SSSR count). The standard InChI is InChI=1S/C28H33ClN2O3S/c1-3-35(33,34)23-13-10-21(11-14-23)19-27(32)30-22-12-15-24(26(29)20-22)25-9-5-6-16-28(25,2)31-17-7-4-8-18-31/h5-6,9-15,20H,3-4,7-8,16-19H2,1-2H3,(H,30,32). The fourth-order valence-corrected chi connectivity index (χ4v) is 6.17. The van der Waals surface area contributed by atoms with Gasteiger partial charge in [-0.3, -0.25) is 9.69 Å². The number of benzene rings is 2. The van der Waals surface area contributed by atoms with E-state index in [1.54, 1.807) is 31.2 Å². The Kier molecular flexibility index (Phi) is 7.84. The number of rotatable bonds is 7. The van der Waals surface area contributed by atoms with Crippen LogP contribution in [0, 0.1) is 0 Å². The fraction of sp³-hybridized carbons (Fsp3) is 0.393. The maximum absolute atomic E-state index is 12.6. The van der Waals surface area contributed by atoms with Gasteiger partial charge >= 0.3 is 0 Å². The highest BCUT2D eigenvalue weighted by Crippen LogP contribution is 2.42. The number of carbonyl (C=O) groups is 1. The lowest BCUT2D eigenvalue weighted by atomic mass is 9.78. The van der Waals surface area contributed by atoms with E-state index < -0.39 is 9.84 Å². The Morgan fingerprint density at radius 2 is 1.80 bits per heavy atom. The number of allylic oxidation sites excluding steroid dienone is 2. The summed E-state index contributed by atoms with van der Waals surface area (Å²) in [7, 11) is -3.25. The second-order valence-electron chi connectivity index (χ2n) is 9.50. The third-order valence-electron chi connectivity index (χ3n) is 7.12. The van der Waals surface area contributed by atoms with Crippen LogP contribution in [0.5, 0.6) is 0 Å². The second kappa shape index (κ2) is 10.7. The predicted molar refractivity (Wildman–Crippen MR) is 144 cm³/mol. The Morgan fingerprint density at radius 3 is 2.46 bits per heavy atom. The predicted octanol–water partition coefficient (Wildman–Crippen LogP) is 5.90. The van der Waals surface area contributed by atoms with Gasteiger partial charge in [0, 0.05) is 11.2 Å². The summed E-state index contributed by atoms with van der Waals surface area (Å²) in [5.41, 5.74) is 3.50. The Labute approximate surface area is 213 Å². The largest absolute Gasteiger partial charge is 0.326 e. The van der Waals surface area contributed by atoms with Crippen molar-refractivity contribution in [1.29, 1.82) is 0 Å². The third kappa shape index (κ3) is 5.71. The smallest absolute Gasteiger partial charge is 0.228 e. The van der Waals surface area contributed by atoms with Gasteiger partial charge in [-0.25, -0.2) is 8.42 Å². The topological polar surface area (TPSA) is 66.5 Å². The van der Waals surface area contributed by atoms with E-state index in [1.807, 2.05) is 18.2 Å². The van der Waals surface area contributed by atoms with Gasteiger partial charge in [0.2, 0.25) is 5.91 Å². The molecular formula is C28H33ClN2O3S. The molecule has 186 valence electrons. The molecule has 0 aromatic heterocycles. The Balaban J connectivity index is 1.46. The van der Waals surface area contributed by atoms with Gasteiger partial charge < -0.3 is 5.32 Å². The molecule has 0 bridgehead atoms. The lowest BCUT2D eigenvalue weighted by Gasteiger charge is -2.46. The number of nitrogens with zero attached hydrogens (tertiary/aromatic N) is 1. The van der Waals surface area contributed by atoms with E-state index in [2.05, 4.69) is 35.4 Å². The van der Waals surface area contributed by atoms with E-state index in [0.29, 0.717) is 10.7 Å². The van der Waals surface area contributed by atoms with Crippen LogP contribution in [0.2, 0.25) is 5.02 Å². The highest BCUT2D eigenvalue weighted by atomic mass is 35.5. The number of halogens is 1. The summed E-state index contributed by atoms with van der Waals surface area (Å²) in [6.07, 6.45) is 11.3. The maximum atomic E-state index is 12.6. The first-order chi connectivity index (χ1) is 16.7. The summed E-state index contributed by atoms with van der Waals surface area (Å²) in [6.45, 7) is 6.11. The van der Waals surface area contributed by atoms with Crippen molar-refractivity contribution in [2.24, 2.45) is 0 Å². The van der Waals surface area contributed by atoms with Crippen LogP contribution in [-0.4, -0.2) is 43.6 Å². The van der Waals surface area contributed by atoms with E-state index in [0.717, 1.165) is 30.6 Å². The highest BCUT2D eigenvalue weighted by molar-refractivity contribution is 7.91. The minimum Gasteiger partial charge on any atom is -0.326 e. The first kappa shape index (κ1) is 25.7. The van der Waals surface area contributed by atoms with Crippen LogP contribution in [0.15, 0.2) is 65.6 Å². The first-order valence-electron chi connectivity index (χ1n) is 12.3. The number of nitrogens with one attached hydrogen (secondary N) is 1. The molecule has 2 aliphatic rings. The van der Waals surface area contributed by atoms with Gasteiger partial charge in [0.05, 0.1) is 22.1 Å². The van der Waals surface area contributed by atoms with Gasteiger partial charge in [0.1, 0.15) is 0 Å². The lowest BCUT2D eigenvalue weighted by molar-refractivity contribution is -0.115. The van der Waals surface area contributed by atoms with Crippen LogP contribution in [-0.2, 0) is 21.1 Å². The van der Waals surface area contributed by atoms with Crippen molar-refractivity contribution in [3.05, 3.63) is 76.8 Å². The van der Waals surface area contributed by atoms with Gasteiger partial charge in [-0.05, 0) is 80.2 Å². The average molecular weight is 513 g/mol. The second-order valence-corrected chi connectivity index (χ2v) is 12.2. The molecule has 2 aromatic rings. The van der Waals surface area contributed by atoms with E-state index >= 15 is 0 Å². The molecule has 0 radical (unpaired) electrons. The minimum atomic E-state index is -3.25. The van der Waals surface area contributed by atoms with Crippen LogP contribution in [0.4, 0.5) is 5.69 Å². The van der Waals surface area contributed by atoms with Gasteiger partial charge in [0.15, 0.2) is 9.84 Å². The maximum Gasteiger partial charge on any atom is 0.228 e. The van der Waals surface area contributed by atoms with E-state index in [9.17, 15) is 13.2 Å². The molecule has 2 aromatic carbocycles. The van der Waals surface area contributed by atoms with Crippen LogP contribution < -0.4 is 5.32 Å². The number of anilines is 1. The summed E-state index contributed by atoms with van der Waals surface area (Å²) in [5, 5.41) is 3.53. The van der Waals surface area contributed by atoms with E-state index in [4.69, 9.17) is 11.6 Å². The average Bonchev–Trinajstić information content (AvgIpc) is 2.85. The van der Waals surface area contributed by atoms with Crippen molar-refractivity contribution in [3.63, 3.8) is 0 Å². The lowest BCUT2D eigenvalue weighted by Crippen LogP contribution is -2.49. The van der Waals surface area contributed by atoms with Crippen LogP contribution in [0.3, 0.4) is 0 Å². The molecule has 35 heavy (non-hydrogen) atoms. The SMILES string of the molecule is CCS(=O)(=O)c1ccc(CC(=O)Nc2ccc(C3=CC=CCC3(C)N3CCCCC3)c(Cl)c2)cc1. The first-order valence-corrected chi connectivity index (χ1v) is 14.3. The summed E-state index contributed by atoms with van der Waals surface area (Å²) in [6, 6.07) is 12.2. The van der Waals surface area contributed by atoms with Gasteiger partial charge in [-0.15, -0.1) is 0 Å². The van der Waals surface area contributed by atoms with Gasteiger partial charge in [0.25, 0.3) is 0 Å². The molecular weight excluding hydrogens is 480 g/mol. The Hall–Kier alpha value is -2.41. The molecule has 1 heterocycles. The molecule has 5 nitrogen and oxygen atoms in total. The fourth-order valence-electron chi connectivity index (χ4n) is 5.00. The van der Waals surface area contributed by atoms with Gasteiger partial charge in [-0.2, -0.15) is 0 Å². The zero-order valence-electron chi connectivity index (χ0n) is 20.4. The molecule has 1 aliphatic heterocycles. The summed E-state index contributed by atoms with van der Waals surface area (Å²) in [4.78, 5) is 15.5. The van der Waals surface area contributed by atoms with Crippen molar-refractivity contribution in [2.75, 3.05) is 24.2 Å². The molecule has 1 saturated heterocycles. The van der Waals surface area contributed by atoms with Crippen molar-refractivity contribution in [3.8, 4) is 0 Å². The molecule has 1 aliphatic carbocycles. The molecule has 1 amide bonds. The molecule has 1 unspecified atom stereocenters. The molecule has 7 heteroatoms. The van der Waals surface area contributed by atoms with Crippen LogP contribution in [0.25, 0.3) is 5.57 Å². The molecule has 1 N–H and O–H groups in total. The Morgan fingerprint density at radius 1 is 1.09 bits per heavy atom. The van der Waals surface area contributed by atoms with Crippen molar-refractivity contribution in [2.45, 2.75) is 56.4 Å². The summed E-state index contributed by atoms with van der Waals surface area (Å²) in [5.74, 6) is -0.133. The van der Waals surface area contributed by atoms with Crippen LogP contribution in [0.1, 0.15) is 50.7 Å². The summed E-state index contributed by atoms with van der Waals surface area (Å²) >= 11 is 6.75. The number of likely N-dealkylation sites (tertiary alicyclic amines) is 1. The molecule has 1 fully saturated rings. The van der Waals surface area contributed by atoms with E-state index in [-0.39, 0.29) is 28.5 Å². The molecule has 0 saturated carbocycles. The normalized spacial score (nSPS) is 20.9. The van der Waals surface area contributed by atoms with Crippen molar-refractivity contribution in [1.82, 2.24) is 4.90 Å². The van der Waals surface area contributed by atoms with Gasteiger partial charge in [-0.1, -0.05) is 61.4 Å². The van der Waals surface area contributed by atoms with Crippen molar-refractivity contribution >= 4 is 38.6 Å². The number of hydrogen-bond donors (Lipinski definition) is 1. The highest BCUT2D eigenvalue weighted by Gasteiger charge is 2.37. The van der Waals surface area contributed by atoms with Crippen molar-refractivity contribution < 1.29 is 13.2 Å². The number of piperidine rings is 1. The number of sulfone groups is 1.